The number of ether oxygens (including phenoxy) is 7. The molecule has 2 bridgehead atoms. The molecule has 4 aliphatic heterocycles. The molecule has 8 atom stereocenters. The van der Waals surface area contributed by atoms with Gasteiger partial charge in [0.05, 0.1) is 57.6 Å². The lowest BCUT2D eigenvalue weighted by Gasteiger charge is -2.43. The van der Waals surface area contributed by atoms with Crippen molar-refractivity contribution < 1.29 is 80.0 Å². The summed E-state index contributed by atoms with van der Waals surface area (Å²) in [7, 11) is -5.14. The maximum atomic E-state index is 14.0. The van der Waals surface area contributed by atoms with Crippen molar-refractivity contribution in [1.29, 1.82) is 0 Å². The molecule has 2 aromatic carbocycles. The number of aliphatic hydroxyl groups excluding tert-OH is 4. The Morgan fingerprint density at radius 2 is 1.57 bits per heavy atom. The van der Waals surface area contributed by atoms with Gasteiger partial charge in [-0.15, -0.1) is 18.6 Å². The number of aromatic nitrogens is 3. The van der Waals surface area contributed by atoms with Crippen LogP contribution in [0.4, 0.5) is 22.0 Å². The molecule has 29 nitrogen and oxygen atoms in total. The van der Waals surface area contributed by atoms with Gasteiger partial charge in [-0.1, -0.05) is 17.2 Å². The lowest BCUT2D eigenvalue weighted by Crippen LogP contribution is -2.60. The van der Waals surface area contributed by atoms with Crippen LogP contribution in [0.25, 0.3) is 21.7 Å². The van der Waals surface area contributed by atoms with Crippen molar-refractivity contribution in [3.63, 3.8) is 0 Å². The normalized spacial score (nSPS) is 22.7. The van der Waals surface area contributed by atoms with Crippen LogP contribution in [0.15, 0.2) is 72.0 Å². The summed E-state index contributed by atoms with van der Waals surface area (Å²) in [6.45, 7) is 12.6. The van der Waals surface area contributed by atoms with Crippen LogP contribution in [-0.4, -0.2) is 225 Å². The minimum Gasteiger partial charge on any atom is -0.476 e. The van der Waals surface area contributed by atoms with Crippen LogP contribution in [0.1, 0.15) is 50.9 Å². The second kappa shape index (κ2) is 29.1. The number of nitrogens with one attached hydrogen (secondary N) is 1. The van der Waals surface area contributed by atoms with Crippen LogP contribution in [0.5, 0.6) is 23.1 Å². The van der Waals surface area contributed by atoms with Gasteiger partial charge in [-0.3, -0.25) is 9.69 Å². The fraction of sp³-hybridized carbons (Fsp3) is 0.574. The van der Waals surface area contributed by atoms with Crippen molar-refractivity contribution in [3.8, 4) is 34.4 Å². The average Bonchev–Trinajstić information content (AvgIpc) is 3.45. The fourth-order valence-electron chi connectivity index (χ4n) is 10.1. The number of nitrogen functional groups attached to an aromatic ring is 1. The zero-order valence-electron chi connectivity index (χ0n) is 47.3. The minimum absolute atomic E-state index is 0.0382. The number of nitrogens with zero attached hydrogens (tertiary/aromatic N) is 10. The van der Waals surface area contributed by atoms with Crippen LogP contribution in [0.2, 0.25) is 0 Å². The van der Waals surface area contributed by atoms with E-state index in [0.717, 1.165) is 30.7 Å². The molecule has 84 heavy (non-hydrogen) atoms. The number of pyridine rings is 1. The Morgan fingerprint density at radius 1 is 0.857 bits per heavy atom. The lowest BCUT2D eigenvalue weighted by molar-refractivity contribution is -0.277. The van der Waals surface area contributed by atoms with Crippen molar-refractivity contribution in [2.75, 3.05) is 121 Å². The first-order valence-electron chi connectivity index (χ1n) is 27.7. The molecule has 30 heteroatoms. The fourth-order valence-corrected chi connectivity index (χ4v) is 10.9. The van der Waals surface area contributed by atoms with E-state index in [2.05, 4.69) is 52.1 Å². The van der Waals surface area contributed by atoms with Gasteiger partial charge in [-0.2, -0.15) is 0 Å². The molecule has 0 spiro atoms. The molecule has 4 saturated heterocycles. The number of piperazine rings is 2. The molecule has 0 unspecified atom stereocenters. The third-order valence-electron chi connectivity index (χ3n) is 14.2. The van der Waals surface area contributed by atoms with Crippen molar-refractivity contribution in [2.45, 2.75) is 95.0 Å². The van der Waals surface area contributed by atoms with E-state index in [1.54, 1.807) is 29.3 Å². The van der Waals surface area contributed by atoms with Gasteiger partial charge in [-0.25, -0.2) is 9.78 Å². The Kier molecular flexibility index (Phi) is 21.8. The Balaban J connectivity index is 0.902. The van der Waals surface area contributed by atoms with E-state index < -0.39 is 70.7 Å². The van der Waals surface area contributed by atoms with Gasteiger partial charge in [0.2, 0.25) is 12.2 Å². The molecule has 4 fully saturated rings. The maximum Gasteiger partial charge on any atom is 0.501 e. The van der Waals surface area contributed by atoms with E-state index in [9.17, 15) is 38.4 Å². The zero-order chi connectivity index (χ0) is 60.0. The number of benzene rings is 2. The van der Waals surface area contributed by atoms with Crippen molar-refractivity contribution in [2.24, 2.45) is 5.11 Å². The molecular formula is C54H74N12O17S. The summed E-state index contributed by atoms with van der Waals surface area (Å²) in [5.41, 5.74) is 16.2. The molecule has 458 valence electrons. The predicted molar refractivity (Wildman–Crippen MR) is 302 cm³/mol. The molecule has 4 aromatic rings. The molecule has 0 radical (unpaired) electrons. The first-order valence-corrected chi connectivity index (χ1v) is 29.0. The molecule has 0 aliphatic carbocycles. The van der Waals surface area contributed by atoms with Gasteiger partial charge in [0, 0.05) is 104 Å². The Morgan fingerprint density at radius 3 is 2.29 bits per heavy atom. The van der Waals surface area contributed by atoms with Gasteiger partial charge in [0.1, 0.15) is 36.6 Å². The van der Waals surface area contributed by atoms with E-state index in [-0.39, 0.29) is 92.1 Å². The molecule has 8 rings (SSSR count). The summed E-state index contributed by atoms with van der Waals surface area (Å²) in [5, 5.41) is 56.0. The van der Waals surface area contributed by atoms with Crippen LogP contribution in [0.3, 0.4) is 0 Å². The molecule has 4 aliphatic rings. The number of fused-ring (bicyclic) bond motifs is 2. The summed E-state index contributed by atoms with van der Waals surface area (Å²) >= 11 is 0. The Hall–Kier alpha value is -7.09. The first-order chi connectivity index (χ1) is 40.3. The number of aliphatic hydroxyl groups is 4. The van der Waals surface area contributed by atoms with E-state index in [4.69, 9.17) is 52.8 Å². The third kappa shape index (κ3) is 16.8. The molecular weight excluding hydrogens is 1120 g/mol. The highest BCUT2D eigenvalue weighted by atomic mass is 32.3. The van der Waals surface area contributed by atoms with E-state index in [1.807, 2.05) is 32.9 Å². The average molecular weight is 1200 g/mol. The Labute approximate surface area is 486 Å². The minimum atomic E-state index is -5.14. The van der Waals surface area contributed by atoms with Crippen LogP contribution in [-0.2, 0) is 34.1 Å². The van der Waals surface area contributed by atoms with Crippen LogP contribution in [0, 0.1) is 0 Å². The summed E-state index contributed by atoms with van der Waals surface area (Å²) in [6.07, 6.45) is -5.33. The molecule has 2 aromatic heterocycles. The second-order valence-corrected chi connectivity index (χ2v) is 22.5. The van der Waals surface area contributed by atoms with Crippen LogP contribution >= 0.6 is 0 Å². The van der Waals surface area contributed by atoms with Crippen LogP contribution < -0.4 is 38.7 Å². The van der Waals surface area contributed by atoms with E-state index in [0.29, 0.717) is 70.7 Å². The summed E-state index contributed by atoms with van der Waals surface area (Å²) in [5.74, 6) is -1.23. The van der Waals surface area contributed by atoms with Gasteiger partial charge in [-0.05, 0) is 88.5 Å². The number of nitrogens with two attached hydrogens (primary N) is 1. The van der Waals surface area contributed by atoms with Crippen molar-refractivity contribution in [3.05, 3.63) is 82.9 Å². The molecule has 7 N–H and O–H groups in total. The summed E-state index contributed by atoms with van der Waals surface area (Å²) in [6, 6.07) is 15.5. The highest BCUT2D eigenvalue weighted by molar-refractivity contribution is 7.82. The number of hydrogen-bond acceptors (Lipinski definition) is 25. The van der Waals surface area contributed by atoms with Gasteiger partial charge in [0.25, 0.3) is 5.91 Å². The SMILES string of the molecule is C[C@@H]1CN(C(=O)OC(C)(C)C)CCN1CCOc1cc(N2[C@@H]3CC[C@@H]2CN(c2cc(-c4ccccc4OS(=O)(=O)Oc4cc(C(=O)NCCOCCOCCOCCN=[N+]=[N-])ccc4O[C@@H]4O[C@H](CO)[C@H](O)[C@H](O)[C@H]4O)nnc2N)C3)ccn1. The first kappa shape index (κ1) is 62.9. The zero-order valence-corrected chi connectivity index (χ0v) is 48.1. The highest BCUT2D eigenvalue weighted by Gasteiger charge is 2.46. The topological polar surface area (TPSA) is 371 Å². The predicted octanol–water partition coefficient (Wildman–Crippen LogP) is 2.27. The molecule has 2 amide bonds. The number of rotatable bonds is 27. The number of anilines is 3. The quantitative estimate of drug-likeness (QED) is 0.0216. The number of para-hydroxylation sites is 1. The van der Waals surface area contributed by atoms with Crippen molar-refractivity contribution in [1.82, 2.24) is 30.3 Å². The number of amides is 2. The monoisotopic (exact) mass is 1190 g/mol. The number of carbonyl (C=O) groups excluding carboxylic acids is 2. The summed E-state index contributed by atoms with van der Waals surface area (Å²) in [4.78, 5) is 41.8. The number of carbonyl (C=O) groups is 2. The molecule has 0 saturated carbocycles. The standard InChI is InChI=1S/C54H74N12O17S/c1-34-30-64(53(72)81-54(2,3)4)18-17-63(34)19-22-78-46-28-36(13-14-57-46)66-37-10-11-38(66)32-65(31-37)41-29-40(60-61-50(41)55)39-7-5-6-8-42(39)82-84(73,74)83-44-27-35(9-12-43(44)79-52-49(70)48(69)47(68)45(33-67)80-52)51(71)58-15-20-75-23-25-77-26-24-76-21-16-59-62-56/h5-9,12-14,27-29,34,37-38,45,47-49,52,67-70H,10-11,15-26,30-33H2,1-4H3,(H2,55,61)(H,58,71)/t34-,37-,38-,45-,47+,48+,49-,52-/m1/s1. The highest BCUT2D eigenvalue weighted by Crippen LogP contribution is 2.41. The number of hydrogen-bond donors (Lipinski definition) is 6. The largest absolute Gasteiger partial charge is 0.501 e. The maximum absolute atomic E-state index is 14.0. The van der Waals surface area contributed by atoms with Gasteiger partial charge < -0.3 is 87.7 Å². The second-order valence-electron chi connectivity index (χ2n) is 21.3. The van der Waals surface area contributed by atoms with E-state index in [1.165, 1.54) is 18.2 Å². The van der Waals surface area contributed by atoms with E-state index >= 15 is 0 Å². The summed E-state index contributed by atoms with van der Waals surface area (Å²) < 4.78 is 78.4. The Bertz CT molecular complexity index is 3000. The van der Waals surface area contributed by atoms with Gasteiger partial charge in [0.15, 0.2) is 23.1 Å². The van der Waals surface area contributed by atoms with Crippen molar-refractivity contribution >= 4 is 39.6 Å². The van der Waals surface area contributed by atoms with Gasteiger partial charge >= 0.3 is 16.5 Å². The number of azide groups is 1. The third-order valence-corrected chi connectivity index (χ3v) is 15.0. The molecule has 6 heterocycles. The lowest BCUT2D eigenvalue weighted by atomic mass is 9.99. The smallest absolute Gasteiger partial charge is 0.476 e.